The second-order valence-electron chi connectivity index (χ2n) is 3.98. The highest BCUT2D eigenvalue weighted by Crippen LogP contribution is 2.22. The summed E-state index contributed by atoms with van der Waals surface area (Å²) < 4.78 is 15.0. The second-order valence-corrected chi connectivity index (χ2v) is 4.39. The van der Waals surface area contributed by atoms with E-state index in [4.69, 9.17) is 17.4 Å². The summed E-state index contributed by atoms with van der Waals surface area (Å²) in [6.07, 6.45) is 2.31. The molecule has 0 saturated carbocycles. The van der Waals surface area contributed by atoms with Gasteiger partial charge in [0.25, 0.3) is 0 Å². The highest BCUT2D eigenvalue weighted by atomic mass is 35.5. The van der Waals surface area contributed by atoms with Crippen LogP contribution >= 0.6 is 11.6 Å². The molecule has 18 heavy (non-hydrogen) atoms. The van der Waals surface area contributed by atoms with Gasteiger partial charge in [0.05, 0.1) is 16.8 Å². The van der Waals surface area contributed by atoms with Crippen LogP contribution in [0.2, 0.25) is 5.02 Å². The van der Waals surface area contributed by atoms with Crippen LogP contribution in [-0.2, 0) is 13.5 Å². The number of hydrazine groups is 1. The van der Waals surface area contributed by atoms with E-state index in [-0.39, 0.29) is 11.1 Å². The van der Waals surface area contributed by atoms with E-state index in [0.717, 1.165) is 5.69 Å². The Kier molecular flexibility index (Phi) is 3.90. The molecular formula is C11H13ClFN5. The number of hydrogen-bond donors (Lipinski definition) is 2. The third-order valence-electron chi connectivity index (χ3n) is 2.61. The fourth-order valence-corrected chi connectivity index (χ4v) is 1.82. The van der Waals surface area contributed by atoms with Gasteiger partial charge in [-0.3, -0.25) is 16.0 Å². The predicted octanol–water partition coefficient (Wildman–Crippen LogP) is 1.35. The Morgan fingerprint density at radius 1 is 1.56 bits per heavy atom. The summed E-state index contributed by atoms with van der Waals surface area (Å²) in [4.78, 5) is 0. The zero-order chi connectivity index (χ0) is 13.1. The van der Waals surface area contributed by atoms with Crippen LogP contribution in [0.3, 0.4) is 0 Å². The fraction of sp³-hybridized carbons (Fsp3) is 0.273. The Bertz CT molecular complexity index is 542. The van der Waals surface area contributed by atoms with Gasteiger partial charge in [-0.2, -0.15) is 0 Å². The molecule has 0 aliphatic carbocycles. The molecule has 1 aromatic heterocycles. The molecular weight excluding hydrogens is 257 g/mol. The summed E-state index contributed by atoms with van der Waals surface area (Å²) >= 11 is 5.64. The van der Waals surface area contributed by atoms with Gasteiger partial charge < -0.3 is 0 Å². The van der Waals surface area contributed by atoms with Gasteiger partial charge in [-0.25, -0.2) is 4.39 Å². The number of benzene rings is 1. The highest BCUT2D eigenvalue weighted by molar-refractivity contribution is 6.30. The largest absolute Gasteiger partial charge is 0.271 e. The Hall–Kier alpha value is -1.50. The molecule has 0 fully saturated rings. The maximum Gasteiger partial charge on any atom is 0.142 e. The maximum absolute atomic E-state index is 13.4. The molecule has 96 valence electrons. The van der Waals surface area contributed by atoms with Crippen molar-refractivity contribution in [2.24, 2.45) is 12.9 Å². The number of halogens is 2. The Balaban J connectivity index is 2.19. The third kappa shape index (κ3) is 2.84. The molecule has 0 bridgehead atoms. The molecule has 1 aromatic carbocycles. The molecule has 1 atom stereocenters. The summed E-state index contributed by atoms with van der Waals surface area (Å²) in [7, 11) is 1.78. The van der Waals surface area contributed by atoms with Gasteiger partial charge >= 0.3 is 0 Å². The van der Waals surface area contributed by atoms with Gasteiger partial charge in [0.2, 0.25) is 0 Å². The number of aromatic nitrogens is 3. The molecule has 0 aliphatic heterocycles. The van der Waals surface area contributed by atoms with Crippen molar-refractivity contribution < 1.29 is 4.39 Å². The molecule has 7 heteroatoms. The molecule has 0 aliphatic rings. The molecule has 0 saturated heterocycles. The first-order valence-corrected chi connectivity index (χ1v) is 5.74. The standard InChI is InChI=1S/C11H13ClFN5/c1-18-6-8(16-17-18)5-11(15-14)7-2-3-9(12)10(13)4-7/h2-4,6,11,15H,5,14H2,1H3. The summed E-state index contributed by atoms with van der Waals surface area (Å²) in [6, 6.07) is 4.36. The van der Waals surface area contributed by atoms with E-state index in [0.29, 0.717) is 12.0 Å². The topological polar surface area (TPSA) is 68.8 Å². The second kappa shape index (κ2) is 5.43. The van der Waals surface area contributed by atoms with Crippen LogP contribution in [0.4, 0.5) is 4.39 Å². The lowest BCUT2D eigenvalue weighted by Gasteiger charge is -2.15. The third-order valence-corrected chi connectivity index (χ3v) is 2.92. The molecule has 0 spiro atoms. The Morgan fingerprint density at radius 2 is 2.33 bits per heavy atom. The lowest BCUT2D eigenvalue weighted by molar-refractivity contribution is 0.538. The number of nitrogens with zero attached hydrogens (tertiary/aromatic N) is 3. The zero-order valence-corrected chi connectivity index (χ0v) is 10.5. The van der Waals surface area contributed by atoms with Crippen molar-refractivity contribution in [1.29, 1.82) is 0 Å². The Labute approximate surface area is 109 Å². The molecule has 0 amide bonds. The van der Waals surface area contributed by atoms with E-state index in [2.05, 4.69) is 15.7 Å². The van der Waals surface area contributed by atoms with E-state index in [1.54, 1.807) is 24.0 Å². The smallest absolute Gasteiger partial charge is 0.142 e. The van der Waals surface area contributed by atoms with Crippen molar-refractivity contribution in [3.63, 3.8) is 0 Å². The van der Waals surface area contributed by atoms with Crippen molar-refractivity contribution in [2.75, 3.05) is 0 Å². The van der Waals surface area contributed by atoms with Gasteiger partial charge in [-0.15, -0.1) is 5.10 Å². The zero-order valence-electron chi connectivity index (χ0n) is 9.77. The van der Waals surface area contributed by atoms with E-state index in [1.807, 2.05) is 0 Å². The van der Waals surface area contributed by atoms with Crippen LogP contribution in [0.15, 0.2) is 24.4 Å². The molecule has 0 radical (unpaired) electrons. The maximum atomic E-state index is 13.4. The van der Waals surface area contributed by atoms with E-state index in [9.17, 15) is 4.39 Å². The lowest BCUT2D eigenvalue weighted by atomic mass is 10.0. The first-order chi connectivity index (χ1) is 8.60. The lowest BCUT2D eigenvalue weighted by Crippen LogP contribution is -2.29. The van der Waals surface area contributed by atoms with Crippen LogP contribution in [-0.4, -0.2) is 15.0 Å². The van der Waals surface area contributed by atoms with Crippen molar-refractivity contribution >= 4 is 11.6 Å². The van der Waals surface area contributed by atoms with Crippen LogP contribution in [0.1, 0.15) is 17.3 Å². The van der Waals surface area contributed by atoms with Crippen molar-refractivity contribution in [2.45, 2.75) is 12.5 Å². The number of nitrogens with two attached hydrogens (primary N) is 1. The van der Waals surface area contributed by atoms with E-state index in [1.165, 1.54) is 12.1 Å². The summed E-state index contributed by atoms with van der Waals surface area (Å²) in [6.45, 7) is 0. The van der Waals surface area contributed by atoms with Crippen molar-refractivity contribution in [1.82, 2.24) is 20.4 Å². The summed E-state index contributed by atoms with van der Waals surface area (Å²) in [5.41, 5.74) is 4.12. The first kappa shape index (κ1) is 12.9. The fourth-order valence-electron chi connectivity index (χ4n) is 1.70. The van der Waals surface area contributed by atoms with Gasteiger partial charge in [-0.1, -0.05) is 22.9 Å². The predicted molar refractivity (Wildman–Crippen MR) is 66.2 cm³/mol. The molecule has 2 aromatic rings. The number of rotatable bonds is 4. The first-order valence-electron chi connectivity index (χ1n) is 5.36. The van der Waals surface area contributed by atoms with Crippen molar-refractivity contribution in [3.05, 3.63) is 46.5 Å². The van der Waals surface area contributed by atoms with Crippen LogP contribution in [0.25, 0.3) is 0 Å². The number of aryl methyl sites for hydroxylation is 1. The summed E-state index contributed by atoms with van der Waals surface area (Å²) in [5, 5.41) is 7.89. The van der Waals surface area contributed by atoms with Gasteiger partial charge in [0.15, 0.2) is 0 Å². The van der Waals surface area contributed by atoms with E-state index < -0.39 is 5.82 Å². The molecule has 1 unspecified atom stereocenters. The molecule has 3 N–H and O–H groups in total. The quantitative estimate of drug-likeness (QED) is 0.649. The van der Waals surface area contributed by atoms with Crippen LogP contribution in [0, 0.1) is 5.82 Å². The van der Waals surface area contributed by atoms with Crippen LogP contribution in [0.5, 0.6) is 0 Å². The normalized spacial score (nSPS) is 12.7. The van der Waals surface area contributed by atoms with Gasteiger partial charge in [0.1, 0.15) is 5.82 Å². The van der Waals surface area contributed by atoms with Crippen molar-refractivity contribution in [3.8, 4) is 0 Å². The minimum absolute atomic E-state index is 0.0917. The minimum Gasteiger partial charge on any atom is -0.271 e. The Morgan fingerprint density at radius 3 is 2.89 bits per heavy atom. The molecule has 1 heterocycles. The number of hydrogen-bond acceptors (Lipinski definition) is 4. The van der Waals surface area contributed by atoms with E-state index >= 15 is 0 Å². The number of nitrogens with one attached hydrogen (secondary N) is 1. The average molecular weight is 270 g/mol. The van der Waals surface area contributed by atoms with Crippen LogP contribution < -0.4 is 11.3 Å². The molecule has 5 nitrogen and oxygen atoms in total. The monoisotopic (exact) mass is 269 g/mol. The average Bonchev–Trinajstić information content (AvgIpc) is 2.75. The summed E-state index contributed by atoms with van der Waals surface area (Å²) in [5.74, 6) is 5.02. The minimum atomic E-state index is -0.464. The SMILES string of the molecule is Cn1cc(CC(NN)c2ccc(Cl)c(F)c2)nn1. The van der Waals surface area contributed by atoms with Gasteiger partial charge in [-0.05, 0) is 17.7 Å². The van der Waals surface area contributed by atoms with Gasteiger partial charge in [0, 0.05) is 19.7 Å². The molecule has 2 rings (SSSR count). The highest BCUT2D eigenvalue weighted by Gasteiger charge is 2.14.